The van der Waals surface area contributed by atoms with E-state index in [9.17, 15) is 17.8 Å². The predicted molar refractivity (Wildman–Crippen MR) is 73.5 cm³/mol. The average molecular weight is 292 g/mol. The van der Waals surface area contributed by atoms with Crippen LogP contribution in [-0.2, 0) is 14.9 Å². The van der Waals surface area contributed by atoms with Crippen LogP contribution in [0.15, 0.2) is 12.7 Å². The highest BCUT2D eigenvalue weighted by atomic mass is 32.2. The van der Waals surface area contributed by atoms with Crippen molar-refractivity contribution in [3.8, 4) is 0 Å². The Labute approximate surface area is 115 Å². The van der Waals surface area contributed by atoms with E-state index in [-0.39, 0.29) is 11.7 Å². The molecule has 6 nitrogen and oxygen atoms in total. The maximum absolute atomic E-state index is 10.9. The highest BCUT2D eigenvalue weighted by Crippen LogP contribution is 2.04. The van der Waals surface area contributed by atoms with E-state index in [2.05, 4.69) is 11.9 Å². The smallest absolute Gasteiger partial charge is 0.243 e. The molecule has 0 atom stereocenters. The molecular weight excluding hydrogens is 268 g/mol. The Morgan fingerprint density at radius 1 is 1.26 bits per heavy atom. The van der Waals surface area contributed by atoms with Crippen molar-refractivity contribution in [2.75, 3.05) is 39.5 Å². The van der Waals surface area contributed by atoms with Crippen LogP contribution in [0.25, 0.3) is 0 Å². The van der Waals surface area contributed by atoms with Crippen LogP contribution in [-0.4, -0.2) is 62.8 Å². The van der Waals surface area contributed by atoms with Gasteiger partial charge < -0.3 is 14.4 Å². The fraction of sp³-hybridized carbons (Fsp3) is 0.750. The predicted octanol–water partition coefficient (Wildman–Crippen LogP) is 0.0805. The monoisotopic (exact) mass is 292 g/mol. The molecule has 0 unspecified atom stereocenters. The number of quaternary nitrogens is 1. The number of hydrogen-bond donors (Lipinski definition) is 1. The molecule has 0 aliphatic heterocycles. The zero-order valence-corrected chi connectivity index (χ0v) is 12.5. The van der Waals surface area contributed by atoms with Crippen molar-refractivity contribution in [3.05, 3.63) is 12.7 Å². The fourth-order valence-corrected chi connectivity index (χ4v) is 2.28. The van der Waals surface area contributed by atoms with Crippen LogP contribution >= 0.6 is 0 Å². The highest BCUT2D eigenvalue weighted by Gasteiger charge is 2.14. The second-order valence-corrected chi connectivity index (χ2v) is 6.72. The second-order valence-electron chi connectivity index (χ2n) is 5.20. The van der Waals surface area contributed by atoms with Crippen LogP contribution in [0.4, 0.5) is 0 Å². The van der Waals surface area contributed by atoms with Gasteiger partial charge in [0.1, 0.15) is 0 Å². The molecule has 0 aromatic heterocycles. The Bertz CT molecular complexity index is 391. The van der Waals surface area contributed by atoms with Crippen molar-refractivity contribution in [2.24, 2.45) is 0 Å². The van der Waals surface area contributed by atoms with Gasteiger partial charge in [-0.25, -0.2) is 8.42 Å². The molecule has 1 amide bonds. The van der Waals surface area contributed by atoms with Crippen molar-refractivity contribution in [1.29, 1.82) is 0 Å². The first-order valence-corrected chi connectivity index (χ1v) is 7.90. The van der Waals surface area contributed by atoms with Crippen LogP contribution in [0.1, 0.15) is 19.3 Å². The SMILES string of the molecule is C=CC(=O)NCCC[N+](C)(C)CCCCS(=O)(=O)[O-]. The number of carbonyl (C=O) groups excluding carboxylic acids is 1. The fourth-order valence-electron chi connectivity index (χ4n) is 1.72. The van der Waals surface area contributed by atoms with E-state index in [0.29, 0.717) is 19.4 Å². The minimum absolute atomic E-state index is 0.175. The van der Waals surface area contributed by atoms with Gasteiger partial charge in [-0.3, -0.25) is 4.79 Å². The van der Waals surface area contributed by atoms with Gasteiger partial charge in [0.05, 0.1) is 37.3 Å². The summed E-state index contributed by atoms with van der Waals surface area (Å²) in [5.41, 5.74) is 0. The quantitative estimate of drug-likeness (QED) is 0.267. The molecule has 1 N–H and O–H groups in total. The van der Waals surface area contributed by atoms with E-state index in [1.54, 1.807) is 0 Å². The molecular formula is C12H24N2O4S. The minimum atomic E-state index is -4.09. The van der Waals surface area contributed by atoms with E-state index in [0.717, 1.165) is 24.0 Å². The summed E-state index contributed by atoms with van der Waals surface area (Å²) in [6.07, 6.45) is 3.18. The van der Waals surface area contributed by atoms with Crippen LogP contribution in [0.2, 0.25) is 0 Å². The summed E-state index contributed by atoms with van der Waals surface area (Å²) in [6, 6.07) is 0. The van der Waals surface area contributed by atoms with Crippen LogP contribution in [0.5, 0.6) is 0 Å². The third kappa shape index (κ3) is 11.9. The van der Waals surface area contributed by atoms with Gasteiger partial charge in [-0.05, 0) is 18.9 Å². The molecule has 19 heavy (non-hydrogen) atoms. The Morgan fingerprint density at radius 3 is 2.37 bits per heavy atom. The average Bonchev–Trinajstić information content (AvgIpc) is 2.29. The van der Waals surface area contributed by atoms with Crippen LogP contribution in [0, 0.1) is 0 Å². The molecule has 0 heterocycles. The van der Waals surface area contributed by atoms with Gasteiger partial charge in [0.15, 0.2) is 0 Å². The zero-order chi connectivity index (χ0) is 14.9. The molecule has 0 aromatic rings. The van der Waals surface area contributed by atoms with E-state index in [4.69, 9.17) is 0 Å². The van der Waals surface area contributed by atoms with Gasteiger partial charge in [-0.2, -0.15) is 0 Å². The second kappa shape index (κ2) is 8.29. The third-order valence-corrected chi connectivity index (χ3v) is 3.62. The van der Waals surface area contributed by atoms with Crippen molar-refractivity contribution in [1.82, 2.24) is 5.32 Å². The lowest BCUT2D eigenvalue weighted by Crippen LogP contribution is -2.42. The molecule has 0 radical (unpaired) electrons. The van der Waals surface area contributed by atoms with Gasteiger partial charge in [0.25, 0.3) is 0 Å². The van der Waals surface area contributed by atoms with Gasteiger partial charge in [-0.1, -0.05) is 6.58 Å². The lowest BCUT2D eigenvalue weighted by molar-refractivity contribution is -0.890. The zero-order valence-electron chi connectivity index (χ0n) is 11.7. The summed E-state index contributed by atoms with van der Waals surface area (Å²) in [4.78, 5) is 10.9. The molecule has 112 valence electrons. The number of hydrogen-bond acceptors (Lipinski definition) is 4. The summed E-state index contributed by atoms with van der Waals surface area (Å²) < 4.78 is 32.1. The first-order valence-electron chi connectivity index (χ1n) is 6.32. The van der Waals surface area contributed by atoms with Gasteiger partial charge >= 0.3 is 0 Å². The maximum atomic E-state index is 10.9. The van der Waals surface area contributed by atoms with E-state index in [1.807, 2.05) is 14.1 Å². The lowest BCUT2D eigenvalue weighted by Gasteiger charge is -2.30. The third-order valence-electron chi connectivity index (χ3n) is 2.83. The van der Waals surface area contributed by atoms with Gasteiger partial charge in [0.2, 0.25) is 5.91 Å². The van der Waals surface area contributed by atoms with Crippen molar-refractivity contribution in [2.45, 2.75) is 19.3 Å². The van der Waals surface area contributed by atoms with Gasteiger partial charge in [0, 0.05) is 18.7 Å². The summed E-state index contributed by atoms with van der Waals surface area (Å²) >= 11 is 0. The summed E-state index contributed by atoms with van der Waals surface area (Å²) in [5, 5.41) is 2.70. The lowest BCUT2D eigenvalue weighted by atomic mass is 10.2. The molecule has 0 aromatic carbocycles. The molecule has 0 saturated heterocycles. The van der Waals surface area contributed by atoms with E-state index in [1.165, 1.54) is 6.08 Å². The maximum Gasteiger partial charge on any atom is 0.243 e. The molecule has 0 spiro atoms. The van der Waals surface area contributed by atoms with Crippen LogP contribution < -0.4 is 5.32 Å². The first kappa shape index (κ1) is 18.1. The summed E-state index contributed by atoms with van der Waals surface area (Å²) in [7, 11) is -0.00369. The molecule has 0 bridgehead atoms. The standard InChI is InChI=1S/C12H24N2O4S/c1-4-12(15)13-8-7-10-14(2,3)9-5-6-11-19(16,17)18/h4H,1,5-11H2,2-3H3,(H-,13,15,16,17,18). The molecule has 7 heteroatoms. The normalized spacial score (nSPS) is 12.2. The Kier molecular flexibility index (Phi) is 7.89. The van der Waals surface area contributed by atoms with E-state index < -0.39 is 10.1 Å². The molecule has 0 aliphatic carbocycles. The van der Waals surface area contributed by atoms with Crippen molar-refractivity contribution < 1.29 is 22.2 Å². The highest BCUT2D eigenvalue weighted by molar-refractivity contribution is 7.85. The van der Waals surface area contributed by atoms with Crippen LogP contribution in [0.3, 0.4) is 0 Å². The summed E-state index contributed by atoms with van der Waals surface area (Å²) in [5.74, 6) is -0.464. The first-order chi connectivity index (χ1) is 8.66. The molecule has 0 fully saturated rings. The molecule has 0 saturated carbocycles. The minimum Gasteiger partial charge on any atom is -0.748 e. The number of nitrogens with one attached hydrogen (secondary N) is 1. The largest absolute Gasteiger partial charge is 0.748 e. The van der Waals surface area contributed by atoms with E-state index >= 15 is 0 Å². The van der Waals surface area contributed by atoms with Crippen molar-refractivity contribution >= 4 is 16.0 Å². The van der Waals surface area contributed by atoms with Gasteiger partial charge in [-0.15, -0.1) is 0 Å². The number of amides is 1. The number of rotatable bonds is 10. The van der Waals surface area contributed by atoms with Crippen molar-refractivity contribution in [3.63, 3.8) is 0 Å². The number of nitrogens with zero attached hydrogens (tertiary/aromatic N) is 1. The topological polar surface area (TPSA) is 86.3 Å². The summed E-state index contributed by atoms with van der Waals surface area (Å²) in [6.45, 7) is 5.65. The Morgan fingerprint density at radius 2 is 1.84 bits per heavy atom. The molecule has 0 rings (SSSR count). The molecule has 0 aliphatic rings. The number of unbranched alkanes of at least 4 members (excludes halogenated alkanes) is 1. The Balaban J connectivity index is 3.74. The number of carbonyl (C=O) groups is 1. The Hall–Kier alpha value is -0.920.